The molecule has 1 unspecified atom stereocenters. The van der Waals surface area contributed by atoms with Gasteiger partial charge in [-0.05, 0) is 18.8 Å². The Hall–Kier alpha value is -0.180. The van der Waals surface area contributed by atoms with Crippen molar-refractivity contribution < 1.29 is 8.78 Å². The Balaban J connectivity index is 1.99. The lowest BCUT2D eigenvalue weighted by atomic mass is 9.75. The maximum atomic E-state index is 13.6. The summed E-state index contributed by atoms with van der Waals surface area (Å²) in [5.41, 5.74) is 0. The van der Waals surface area contributed by atoms with Crippen LogP contribution in [-0.4, -0.2) is 19.0 Å². The standard InChI is InChI=1S/C11H19F2N/c12-11(13)6-7-14-8-10(11)9-4-2-1-3-5-9/h9-10,14H,1-8H2. The molecule has 0 aromatic rings. The van der Waals surface area contributed by atoms with Crippen molar-refractivity contribution in [3.05, 3.63) is 0 Å². The SMILES string of the molecule is FC1(F)CCNCC1C1CCCCC1. The first-order valence-electron chi connectivity index (χ1n) is 5.79. The molecule has 0 aromatic heterocycles. The van der Waals surface area contributed by atoms with Gasteiger partial charge in [-0.1, -0.05) is 19.3 Å². The lowest BCUT2D eigenvalue weighted by Crippen LogP contribution is -2.48. The first-order chi connectivity index (χ1) is 6.70. The third kappa shape index (κ3) is 2.08. The van der Waals surface area contributed by atoms with E-state index >= 15 is 0 Å². The minimum Gasteiger partial charge on any atom is -0.316 e. The summed E-state index contributed by atoms with van der Waals surface area (Å²) in [6.07, 6.45) is 5.61. The molecule has 0 radical (unpaired) electrons. The highest BCUT2D eigenvalue weighted by Crippen LogP contribution is 2.41. The quantitative estimate of drug-likeness (QED) is 0.691. The summed E-state index contributed by atoms with van der Waals surface area (Å²) in [6.45, 7) is 1.01. The molecule has 1 nitrogen and oxygen atoms in total. The summed E-state index contributed by atoms with van der Waals surface area (Å²) in [6, 6.07) is 0. The Bertz CT molecular complexity index is 188. The van der Waals surface area contributed by atoms with Crippen molar-refractivity contribution in [2.75, 3.05) is 13.1 Å². The largest absolute Gasteiger partial charge is 0.316 e. The van der Waals surface area contributed by atoms with Crippen LogP contribution in [0.2, 0.25) is 0 Å². The van der Waals surface area contributed by atoms with Crippen LogP contribution in [-0.2, 0) is 0 Å². The molecular weight excluding hydrogens is 184 g/mol. The van der Waals surface area contributed by atoms with E-state index in [4.69, 9.17) is 0 Å². The Morgan fingerprint density at radius 2 is 1.79 bits per heavy atom. The molecule has 0 bridgehead atoms. The number of hydrogen-bond acceptors (Lipinski definition) is 1. The second-order valence-electron chi connectivity index (χ2n) is 4.72. The molecule has 1 heterocycles. The van der Waals surface area contributed by atoms with E-state index in [0.717, 1.165) is 25.7 Å². The van der Waals surface area contributed by atoms with Crippen molar-refractivity contribution in [2.24, 2.45) is 11.8 Å². The molecule has 2 fully saturated rings. The van der Waals surface area contributed by atoms with E-state index in [1.807, 2.05) is 0 Å². The number of rotatable bonds is 1. The van der Waals surface area contributed by atoms with E-state index in [1.54, 1.807) is 0 Å². The van der Waals surface area contributed by atoms with E-state index in [-0.39, 0.29) is 12.3 Å². The number of halogens is 2. The van der Waals surface area contributed by atoms with Crippen molar-refractivity contribution in [3.8, 4) is 0 Å². The van der Waals surface area contributed by atoms with Gasteiger partial charge in [0.15, 0.2) is 0 Å². The van der Waals surface area contributed by atoms with Gasteiger partial charge in [-0.3, -0.25) is 0 Å². The van der Waals surface area contributed by atoms with Crippen molar-refractivity contribution in [2.45, 2.75) is 44.4 Å². The van der Waals surface area contributed by atoms with E-state index in [2.05, 4.69) is 5.32 Å². The number of hydrogen-bond donors (Lipinski definition) is 1. The smallest absolute Gasteiger partial charge is 0.253 e. The van der Waals surface area contributed by atoms with Crippen molar-refractivity contribution >= 4 is 0 Å². The van der Waals surface area contributed by atoms with Gasteiger partial charge in [-0.25, -0.2) is 8.78 Å². The normalized spacial score (nSPS) is 34.3. The van der Waals surface area contributed by atoms with Crippen LogP contribution < -0.4 is 5.32 Å². The van der Waals surface area contributed by atoms with Crippen LogP contribution in [0.1, 0.15) is 38.5 Å². The Labute approximate surface area is 84.3 Å². The number of alkyl halides is 2. The lowest BCUT2D eigenvalue weighted by molar-refractivity contribution is -0.104. The van der Waals surface area contributed by atoms with Gasteiger partial charge in [-0.15, -0.1) is 0 Å². The molecule has 1 N–H and O–H groups in total. The minimum absolute atomic E-state index is 0.0359. The van der Waals surface area contributed by atoms with E-state index < -0.39 is 11.8 Å². The highest BCUT2D eigenvalue weighted by molar-refractivity contribution is 4.89. The molecule has 1 aliphatic heterocycles. The van der Waals surface area contributed by atoms with Crippen molar-refractivity contribution in [1.29, 1.82) is 0 Å². The molecule has 82 valence electrons. The minimum atomic E-state index is -2.41. The topological polar surface area (TPSA) is 12.0 Å². The molecule has 1 saturated heterocycles. The van der Waals surface area contributed by atoms with E-state index in [9.17, 15) is 8.78 Å². The van der Waals surface area contributed by atoms with Crippen LogP contribution in [0.5, 0.6) is 0 Å². The number of piperidine rings is 1. The molecule has 1 atom stereocenters. The Kier molecular flexibility index (Phi) is 3.05. The van der Waals surface area contributed by atoms with Gasteiger partial charge in [0.1, 0.15) is 0 Å². The average Bonchev–Trinajstić information content (AvgIpc) is 2.18. The third-order valence-corrected chi connectivity index (χ3v) is 3.76. The van der Waals surface area contributed by atoms with E-state index in [0.29, 0.717) is 13.1 Å². The van der Waals surface area contributed by atoms with Gasteiger partial charge < -0.3 is 5.32 Å². The number of nitrogens with one attached hydrogen (secondary N) is 1. The van der Waals surface area contributed by atoms with Crippen molar-refractivity contribution in [1.82, 2.24) is 5.32 Å². The fourth-order valence-electron chi connectivity index (χ4n) is 2.90. The molecule has 2 aliphatic rings. The maximum absolute atomic E-state index is 13.6. The predicted molar refractivity (Wildman–Crippen MR) is 52.5 cm³/mol. The van der Waals surface area contributed by atoms with Gasteiger partial charge in [0.2, 0.25) is 0 Å². The summed E-state index contributed by atoms with van der Waals surface area (Å²) < 4.78 is 27.2. The first-order valence-corrected chi connectivity index (χ1v) is 5.79. The zero-order chi connectivity index (χ0) is 10.0. The van der Waals surface area contributed by atoms with Crippen LogP contribution in [0.3, 0.4) is 0 Å². The Morgan fingerprint density at radius 1 is 1.07 bits per heavy atom. The molecule has 0 amide bonds. The highest BCUT2D eigenvalue weighted by Gasteiger charge is 2.45. The van der Waals surface area contributed by atoms with Crippen LogP contribution in [0.15, 0.2) is 0 Å². The van der Waals surface area contributed by atoms with E-state index in [1.165, 1.54) is 6.42 Å². The lowest BCUT2D eigenvalue weighted by Gasteiger charge is -2.38. The van der Waals surface area contributed by atoms with Crippen LogP contribution >= 0.6 is 0 Å². The molecule has 2 rings (SSSR count). The second kappa shape index (κ2) is 4.13. The summed E-state index contributed by atoms with van der Waals surface area (Å²) in [5.74, 6) is -2.53. The second-order valence-corrected chi connectivity index (χ2v) is 4.72. The van der Waals surface area contributed by atoms with Crippen LogP contribution in [0, 0.1) is 11.8 Å². The molecule has 0 spiro atoms. The summed E-state index contributed by atoms with van der Waals surface area (Å²) in [5, 5.41) is 3.11. The van der Waals surface area contributed by atoms with Crippen LogP contribution in [0.25, 0.3) is 0 Å². The van der Waals surface area contributed by atoms with Crippen molar-refractivity contribution in [3.63, 3.8) is 0 Å². The molecule has 3 heteroatoms. The fraction of sp³-hybridized carbons (Fsp3) is 1.00. The maximum Gasteiger partial charge on any atom is 0.253 e. The van der Waals surface area contributed by atoms with Gasteiger partial charge in [0, 0.05) is 25.4 Å². The zero-order valence-electron chi connectivity index (χ0n) is 8.57. The first kappa shape index (κ1) is 10.3. The molecule has 1 aliphatic carbocycles. The Morgan fingerprint density at radius 3 is 2.43 bits per heavy atom. The van der Waals surface area contributed by atoms with Crippen LogP contribution in [0.4, 0.5) is 8.78 Å². The molecule has 1 saturated carbocycles. The summed E-state index contributed by atoms with van der Waals surface area (Å²) in [7, 11) is 0. The summed E-state index contributed by atoms with van der Waals surface area (Å²) >= 11 is 0. The monoisotopic (exact) mass is 203 g/mol. The molecule has 14 heavy (non-hydrogen) atoms. The zero-order valence-corrected chi connectivity index (χ0v) is 8.57. The van der Waals surface area contributed by atoms with Gasteiger partial charge in [0.05, 0.1) is 0 Å². The molecular formula is C11H19F2N. The van der Waals surface area contributed by atoms with Gasteiger partial charge >= 0.3 is 0 Å². The third-order valence-electron chi connectivity index (χ3n) is 3.76. The fourth-order valence-corrected chi connectivity index (χ4v) is 2.90. The highest BCUT2D eigenvalue weighted by atomic mass is 19.3. The van der Waals surface area contributed by atoms with Gasteiger partial charge in [-0.2, -0.15) is 0 Å². The van der Waals surface area contributed by atoms with Gasteiger partial charge in [0.25, 0.3) is 5.92 Å². The summed E-state index contributed by atoms with van der Waals surface area (Å²) in [4.78, 5) is 0. The average molecular weight is 203 g/mol. The predicted octanol–water partition coefficient (Wildman–Crippen LogP) is 2.81. The molecule has 0 aromatic carbocycles.